The van der Waals surface area contributed by atoms with E-state index in [-0.39, 0.29) is 0 Å². The van der Waals surface area contributed by atoms with Crippen LogP contribution < -0.4 is 0 Å². The van der Waals surface area contributed by atoms with Crippen LogP contribution in [0.25, 0.3) is 0 Å². The van der Waals surface area contributed by atoms with Crippen LogP contribution in [0.15, 0.2) is 30.3 Å². The van der Waals surface area contributed by atoms with Gasteiger partial charge in [0.05, 0.1) is 11.5 Å². The Labute approximate surface area is 120 Å². The number of aliphatic hydroxyl groups excluding tert-OH is 1. The molecule has 1 fully saturated rings. The molecule has 1 unspecified atom stereocenters. The topological polar surface area (TPSA) is 57.5 Å². The molecule has 1 atom stereocenters. The normalized spacial score (nSPS) is 18.9. The van der Waals surface area contributed by atoms with Gasteiger partial charge in [-0.1, -0.05) is 49.6 Å². The molecule has 3 nitrogen and oxygen atoms in total. The summed E-state index contributed by atoms with van der Waals surface area (Å²) in [7, 11) is 0. The number of aryl methyl sites for hydroxylation is 1. The molecular weight excluding hydrogens is 252 g/mol. The first-order valence-corrected chi connectivity index (χ1v) is 7.60. The fourth-order valence-electron chi connectivity index (χ4n) is 3.28. The molecule has 0 heterocycles. The molecular formula is C17H24O3. The Hall–Kier alpha value is -1.35. The van der Waals surface area contributed by atoms with Gasteiger partial charge in [-0.2, -0.15) is 0 Å². The number of carboxylic acid groups (broad SMARTS) is 1. The molecule has 1 saturated carbocycles. The van der Waals surface area contributed by atoms with E-state index in [2.05, 4.69) is 12.1 Å². The molecule has 0 aliphatic heterocycles. The summed E-state index contributed by atoms with van der Waals surface area (Å²) in [4.78, 5) is 11.5. The van der Waals surface area contributed by atoms with E-state index < -0.39 is 17.5 Å². The minimum absolute atomic E-state index is 0.596. The summed E-state index contributed by atoms with van der Waals surface area (Å²) in [6.07, 6.45) is 5.87. The van der Waals surface area contributed by atoms with E-state index in [0.717, 1.165) is 32.1 Å². The van der Waals surface area contributed by atoms with Crippen molar-refractivity contribution >= 4 is 5.97 Å². The van der Waals surface area contributed by atoms with E-state index >= 15 is 0 Å². The molecule has 0 saturated heterocycles. The first-order valence-electron chi connectivity index (χ1n) is 7.60. The second-order valence-electron chi connectivity index (χ2n) is 5.92. The maximum Gasteiger partial charge on any atom is 0.312 e. The van der Waals surface area contributed by atoms with Gasteiger partial charge in [0.15, 0.2) is 0 Å². The van der Waals surface area contributed by atoms with E-state index in [9.17, 15) is 15.0 Å². The summed E-state index contributed by atoms with van der Waals surface area (Å²) in [5, 5.41) is 19.7. The number of hydrogen-bond donors (Lipinski definition) is 2. The van der Waals surface area contributed by atoms with Crippen molar-refractivity contribution in [2.24, 2.45) is 5.41 Å². The van der Waals surface area contributed by atoms with E-state index in [4.69, 9.17) is 0 Å². The third-order valence-electron chi connectivity index (χ3n) is 4.60. The first-order chi connectivity index (χ1) is 9.65. The van der Waals surface area contributed by atoms with E-state index in [1.165, 1.54) is 5.56 Å². The lowest BCUT2D eigenvalue weighted by molar-refractivity contribution is -0.156. The molecule has 20 heavy (non-hydrogen) atoms. The monoisotopic (exact) mass is 276 g/mol. The lowest BCUT2D eigenvalue weighted by atomic mass is 9.78. The van der Waals surface area contributed by atoms with Crippen molar-refractivity contribution in [3.05, 3.63) is 35.9 Å². The summed E-state index contributed by atoms with van der Waals surface area (Å²) in [5.41, 5.74) is 0.433. The summed E-state index contributed by atoms with van der Waals surface area (Å²) >= 11 is 0. The average Bonchev–Trinajstić information content (AvgIpc) is 2.95. The molecule has 0 spiro atoms. The first kappa shape index (κ1) is 15.0. The number of hydrogen-bond acceptors (Lipinski definition) is 2. The van der Waals surface area contributed by atoms with Gasteiger partial charge < -0.3 is 10.2 Å². The van der Waals surface area contributed by atoms with Crippen molar-refractivity contribution < 1.29 is 15.0 Å². The SMILES string of the molecule is O=C(O)C1(C(O)CCCCc2ccccc2)CCCC1. The van der Waals surface area contributed by atoms with Crippen LogP contribution in [0.4, 0.5) is 0 Å². The number of aliphatic hydroxyl groups is 1. The summed E-state index contributed by atoms with van der Waals surface area (Å²) in [5.74, 6) is -0.814. The van der Waals surface area contributed by atoms with Gasteiger partial charge in [0.1, 0.15) is 0 Å². The minimum atomic E-state index is -0.868. The molecule has 0 radical (unpaired) electrons. The molecule has 1 aromatic carbocycles. The molecule has 110 valence electrons. The third-order valence-corrected chi connectivity index (χ3v) is 4.60. The summed E-state index contributed by atoms with van der Waals surface area (Å²) in [6.45, 7) is 0. The van der Waals surface area contributed by atoms with Crippen LogP contribution in [0.5, 0.6) is 0 Å². The molecule has 0 amide bonds. The Kier molecular flexibility index (Phi) is 5.18. The zero-order chi connectivity index (χ0) is 14.4. The lowest BCUT2D eigenvalue weighted by Gasteiger charge is -2.29. The number of rotatable bonds is 7. The zero-order valence-corrected chi connectivity index (χ0v) is 11.9. The highest BCUT2D eigenvalue weighted by Gasteiger charge is 2.46. The van der Waals surface area contributed by atoms with Crippen LogP contribution >= 0.6 is 0 Å². The average molecular weight is 276 g/mol. The molecule has 0 aromatic heterocycles. The smallest absolute Gasteiger partial charge is 0.312 e. The van der Waals surface area contributed by atoms with E-state index in [1.807, 2.05) is 18.2 Å². The largest absolute Gasteiger partial charge is 0.481 e. The standard InChI is InChI=1S/C17H24O3/c18-15(17(16(19)20)12-6-7-13-17)11-5-4-10-14-8-2-1-3-9-14/h1-3,8-9,15,18H,4-7,10-13H2,(H,19,20). The number of carboxylic acids is 1. The van der Waals surface area contributed by atoms with Gasteiger partial charge in [0.2, 0.25) is 0 Å². The number of benzene rings is 1. The van der Waals surface area contributed by atoms with Crippen LogP contribution in [0.3, 0.4) is 0 Å². The van der Waals surface area contributed by atoms with Gasteiger partial charge in [0, 0.05) is 0 Å². The van der Waals surface area contributed by atoms with Crippen LogP contribution in [-0.4, -0.2) is 22.3 Å². The maximum atomic E-state index is 11.5. The van der Waals surface area contributed by atoms with E-state index in [1.54, 1.807) is 0 Å². The Morgan fingerprint density at radius 1 is 1.15 bits per heavy atom. The predicted molar refractivity (Wildman–Crippen MR) is 78.5 cm³/mol. The Bertz CT molecular complexity index is 421. The molecule has 3 heteroatoms. The minimum Gasteiger partial charge on any atom is -0.481 e. The highest BCUT2D eigenvalue weighted by molar-refractivity contribution is 5.75. The van der Waals surface area contributed by atoms with Crippen molar-refractivity contribution in [3.8, 4) is 0 Å². The fraction of sp³-hybridized carbons (Fsp3) is 0.588. The van der Waals surface area contributed by atoms with Gasteiger partial charge in [-0.25, -0.2) is 0 Å². The van der Waals surface area contributed by atoms with Crippen molar-refractivity contribution in [2.45, 2.75) is 57.5 Å². The number of unbranched alkanes of at least 4 members (excludes halogenated alkanes) is 1. The fourth-order valence-corrected chi connectivity index (χ4v) is 3.28. The second kappa shape index (κ2) is 6.89. The van der Waals surface area contributed by atoms with Gasteiger partial charge in [-0.05, 0) is 37.7 Å². The Morgan fingerprint density at radius 2 is 1.80 bits per heavy atom. The quantitative estimate of drug-likeness (QED) is 0.750. The van der Waals surface area contributed by atoms with Crippen LogP contribution in [0, 0.1) is 5.41 Å². The third kappa shape index (κ3) is 3.40. The predicted octanol–water partition coefficient (Wildman–Crippen LogP) is 3.41. The molecule has 1 aliphatic rings. The second-order valence-corrected chi connectivity index (χ2v) is 5.92. The van der Waals surface area contributed by atoms with Crippen molar-refractivity contribution in [2.75, 3.05) is 0 Å². The van der Waals surface area contributed by atoms with Crippen LogP contribution in [0.1, 0.15) is 50.5 Å². The number of aliphatic carboxylic acids is 1. The van der Waals surface area contributed by atoms with Crippen molar-refractivity contribution in [3.63, 3.8) is 0 Å². The molecule has 2 rings (SSSR count). The lowest BCUT2D eigenvalue weighted by Crippen LogP contribution is -2.40. The van der Waals surface area contributed by atoms with Crippen LogP contribution in [-0.2, 0) is 11.2 Å². The van der Waals surface area contributed by atoms with E-state index in [0.29, 0.717) is 19.3 Å². The zero-order valence-electron chi connectivity index (χ0n) is 11.9. The summed E-state index contributed by atoms with van der Waals surface area (Å²) < 4.78 is 0. The molecule has 1 aliphatic carbocycles. The highest BCUT2D eigenvalue weighted by atomic mass is 16.4. The van der Waals surface area contributed by atoms with Crippen LogP contribution in [0.2, 0.25) is 0 Å². The molecule has 0 bridgehead atoms. The van der Waals surface area contributed by atoms with Crippen molar-refractivity contribution in [1.29, 1.82) is 0 Å². The molecule has 2 N–H and O–H groups in total. The number of carbonyl (C=O) groups is 1. The van der Waals surface area contributed by atoms with Crippen molar-refractivity contribution in [1.82, 2.24) is 0 Å². The maximum absolute atomic E-state index is 11.5. The Balaban J connectivity index is 1.77. The van der Waals surface area contributed by atoms with Gasteiger partial charge in [0.25, 0.3) is 0 Å². The highest BCUT2D eigenvalue weighted by Crippen LogP contribution is 2.42. The Morgan fingerprint density at radius 3 is 2.40 bits per heavy atom. The molecule has 1 aromatic rings. The van der Waals surface area contributed by atoms with Gasteiger partial charge in [-0.15, -0.1) is 0 Å². The van der Waals surface area contributed by atoms with Gasteiger partial charge in [-0.3, -0.25) is 4.79 Å². The summed E-state index contributed by atoms with van der Waals surface area (Å²) in [6, 6.07) is 10.3. The van der Waals surface area contributed by atoms with Gasteiger partial charge >= 0.3 is 5.97 Å².